The van der Waals surface area contributed by atoms with Crippen molar-refractivity contribution < 1.29 is 13.8 Å². The zero-order valence-electron chi connectivity index (χ0n) is 15.3. The van der Waals surface area contributed by atoms with Crippen LogP contribution in [0.3, 0.4) is 0 Å². The molecule has 5 rings (SSSR count). The predicted octanol–water partition coefficient (Wildman–Crippen LogP) is 5.36. The fourth-order valence-electron chi connectivity index (χ4n) is 3.17. The molecule has 0 bridgehead atoms. The van der Waals surface area contributed by atoms with Crippen LogP contribution in [0.5, 0.6) is 0 Å². The van der Waals surface area contributed by atoms with Crippen molar-refractivity contribution in [1.82, 2.24) is 4.98 Å². The van der Waals surface area contributed by atoms with Crippen molar-refractivity contribution in [3.05, 3.63) is 89.3 Å². The van der Waals surface area contributed by atoms with E-state index >= 15 is 0 Å². The highest BCUT2D eigenvalue weighted by molar-refractivity contribution is 9.10. The van der Waals surface area contributed by atoms with Gasteiger partial charge in [-0.15, -0.1) is 11.3 Å². The van der Waals surface area contributed by atoms with Crippen molar-refractivity contribution in [2.24, 2.45) is 0 Å². The first kappa shape index (κ1) is 19.3. The number of nitro groups is 1. The third-order valence-electron chi connectivity index (χ3n) is 4.63. The molecule has 0 saturated carbocycles. The summed E-state index contributed by atoms with van der Waals surface area (Å²) in [5, 5.41) is 14.1. The zero-order chi connectivity index (χ0) is 21.7. The summed E-state index contributed by atoms with van der Waals surface area (Å²) in [6.45, 7) is 0. The maximum Gasteiger partial charge on any atom is 0.346 e. The lowest BCUT2D eigenvalue weighted by atomic mass is 10.1. The molecule has 0 radical (unpaired) electrons. The number of nitro benzene ring substituents is 1. The minimum absolute atomic E-state index is 0.118. The minimum atomic E-state index is -0.628. The number of halogens is 1. The summed E-state index contributed by atoms with van der Waals surface area (Å²) in [6.07, 6.45) is 0. The number of benzene rings is 2. The first-order chi connectivity index (χ1) is 14.9. The van der Waals surface area contributed by atoms with Crippen molar-refractivity contribution in [2.45, 2.75) is 0 Å². The van der Waals surface area contributed by atoms with Crippen LogP contribution in [0.1, 0.15) is 0 Å². The zero-order valence-corrected chi connectivity index (χ0v) is 17.7. The SMILES string of the molecule is O=c1oc2ccc(Br)cc2cc1-c1csc(-c2cc3cc([N+](=O)[O-])ccc3oc2=O)n1. The van der Waals surface area contributed by atoms with Gasteiger partial charge >= 0.3 is 11.3 Å². The Bertz CT molecular complexity index is 1640. The summed E-state index contributed by atoms with van der Waals surface area (Å²) < 4.78 is 11.5. The quantitative estimate of drug-likeness (QED) is 0.187. The monoisotopic (exact) mass is 496 g/mol. The number of nitrogens with zero attached hydrogens (tertiary/aromatic N) is 2. The van der Waals surface area contributed by atoms with Crippen LogP contribution in [0.25, 0.3) is 43.8 Å². The number of rotatable bonds is 3. The standard InChI is InChI=1S/C21H9BrN2O6S/c22-12-1-3-17-10(5-12)7-14(20(25)29-17)16-9-31-19(23-16)15-8-11-6-13(24(27)28)2-4-18(11)30-21(15)26/h1-9H. The molecule has 0 aliphatic carbocycles. The molecule has 152 valence electrons. The molecule has 3 heterocycles. The van der Waals surface area contributed by atoms with Crippen molar-refractivity contribution in [3.63, 3.8) is 0 Å². The van der Waals surface area contributed by atoms with Crippen LogP contribution in [0.15, 0.2) is 76.8 Å². The van der Waals surface area contributed by atoms with Gasteiger partial charge in [0.05, 0.1) is 21.7 Å². The molecule has 0 aliphatic heterocycles. The number of aromatic nitrogens is 1. The van der Waals surface area contributed by atoms with E-state index in [2.05, 4.69) is 20.9 Å². The molecule has 0 amide bonds. The average Bonchev–Trinajstić information content (AvgIpc) is 3.22. The third-order valence-corrected chi connectivity index (χ3v) is 6.00. The maximum absolute atomic E-state index is 12.5. The summed E-state index contributed by atoms with van der Waals surface area (Å²) >= 11 is 4.54. The molecule has 5 aromatic rings. The van der Waals surface area contributed by atoms with E-state index in [0.717, 1.165) is 21.2 Å². The summed E-state index contributed by atoms with van der Waals surface area (Å²) in [7, 11) is 0. The van der Waals surface area contributed by atoms with Crippen LogP contribution < -0.4 is 11.3 Å². The van der Waals surface area contributed by atoms with Crippen molar-refractivity contribution >= 4 is 54.9 Å². The molecule has 0 fully saturated rings. The van der Waals surface area contributed by atoms with Gasteiger partial charge in [0.1, 0.15) is 16.2 Å². The summed E-state index contributed by atoms with van der Waals surface area (Å²) in [5.74, 6) is 0. The smallest absolute Gasteiger partial charge is 0.346 e. The van der Waals surface area contributed by atoms with E-state index in [1.165, 1.54) is 24.3 Å². The fourth-order valence-corrected chi connectivity index (χ4v) is 4.37. The van der Waals surface area contributed by atoms with Crippen LogP contribution in [-0.2, 0) is 0 Å². The van der Waals surface area contributed by atoms with Gasteiger partial charge in [-0.1, -0.05) is 15.9 Å². The van der Waals surface area contributed by atoms with Crippen LogP contribution in [0.2, 0.25) is 0 Å². The van der Waals surface area contributed by atoms with Gasteiger partial charge in [0.2, 0.25) is 0 Å². The average molecular weight is 497 g/mol. The Morgan fingerprint density at radius 2 is 1.55 bits per heavy atom. The lowest BCUT2D eigenvalue weighted by molar-refractivity contribution is -0.384. The van der Waals surface area contributed by atoms with Crippen LogP contribution >= 0.6 is 27.3 Å². The topological polar surface area (TPSA) is 116 Å². The van der Waals surface area contributed by atoms with Gasteiger partial charge < -0.3 is 8.83 Å². The lowest BCUT2D eigenvalue weighted by Crippen LogP contribution is -2.04. The molecule has 31 heavy (non-hydrogen) atoms. The second-order valence-corrected chi connectivity index (χ2v) is 8.37. The van der Waals surface area contributed by atoms with Crippen molar-refractivity contribution in [3.8, 4) is 21.8 Å². The Labute approximate surface area is 184 Å². The molecule has 10 heteroatoms. The molecular weight excluding hydrogens is 488 g/mol. The minimum Gasteiger partial charge on any atom is -0.422 e. The van der Waals surface area contributed by atoms with Gasteiger partial charge in [0, 0.05) is 32.8 Å². The Hall–Kier alpha value is -3.63. The number of non-ortho nitro benzene ring substituents is 1. The first-order valence-corrected chi connectivity index (χ1v) is 10.5. The van der Waals surface area contributed by atoms with E-state index in [4.69, 9.17) is 8.83 Å². The van der Waals surface area contributed by atoms with E-state index in [1.54, 1.807) is 23.6 Å². The lowest BCUT2D eigenvalue weighted by Gasteiger charge is -2.01. The highest BCUT2D eigenvalue weighted by Crippen LogP contribution is 2.30. The molecule has 0 aliphatic rings. The van der Waals surface area contributed by atoms with Gasteiger partial charge in [-0.25, -0.2) is 14.6 Å². The highest BCUT2D eigenvalue weighted by Gasteiger charge is 2.17. The summed E-state index contributed by atoms with van der Waals surface area (Å²) in [5.41, 5.74) is 0.151. The van der Waals surface area contributed by atoms with Gasteiger partial charge in [0.25, 0.3) is 5.69 Å². The highest BCUT2D eigenvalue weighted by atomic mass is 79.9. The number of fused-ring (bicyclic) bond motifs is 2. The first-order valence-electron chi connectivity index (χ1n) is 8.81. The molecular formula is C21H9BrN2O6S. The molecule has 8 nitrogen and oxygen atoms in total. The molecule has 0 spiro atoms. The van der Waals surface area contributed by atoms with Gasteiger partial charge in [-0.3, -0.25) is 10.1 Å². The molecule has 0 saturated heterocycles. The van der Waals surface area contributed by atoms with Crippen molar-refractivity contribution in [2.75, 3.05) is 0 Å². The Morgan fingerprint density at radius 1 is 0.903 bits per heavy atom. The Morgan fingerprint density at radius 3 is 2.29 bits per heavy atom. The van der Waals surface area contributed by atoms with E-state index in [0.29, 0.717) is 21.7 Å². The molecule has 2 aromatic carbocycles. The van der Waals surface area contributed by atoms with Crippen LogP contribution in [0, 0.1) is 10.1 Å². The normalized spacial score (nSPS) is 11.3. The Balaban J connectivity index is 1.63. The van der Waals surface area contributed by atoms with Crippen LogP contribution in [0.4, 0.5) is 5.69 Å². The maximum atomic E-state index is 12.5. The molecule has 0 atom stereocenters. The number of hydrogen-bond acceptors (Lipinski definition) is 8. The summed E-state index contributed by atoms with van der Waals surface area (Å²) in [4.78, 5) is 39.8. The van der Waals surface area contributed by atoms with Crippen LogP contribution in [-0.4, -0.2) is 9.91 Å². The predicted molar refractivity (Wildman–Crippen MR) is 119 cm³/mol. The van der Waals surface area contributed by atoms with Gasteiger partial charge in [-0.2, -0.15) is 0 Å². The van der Waals surface area contributed by atoms with E-state index in [9.17, 15) is 19.7 Å². The fraction of sp³-hybridized carbons (Fsp3) is 0. The molecule has 0 N–H and O–H groups in total. The molecule has 0 unspecified atom stereocenters. The summed E-state index contributed by atoms with van der Waals surface area (Å²) in [6, 6.07) is 12.4. The van der Waals surface area contributed by atoms with Gasteiger partial charge in [-0.05, 0) is 36.4 Å². The van der Waals surface area contributed by atoms with Crippen molar-refractivity contribution in [1.29, 1.82) is 0 Å². The number of thiazole rings is 1. The Kier molecular flexibility index (Phi) is 4.53. The van der Waals surface area contributed by atoms with E-state index in [1.807, 2.05) is 6.07 Å². The van der Waals surface area contributed by atoms with E-state index in [-0.39, 0.29) is 22.4 Å². The number of hydrogen-bond donors (Lipinski definition) is 0. The molecule has 3 aromatic heterocycles. The van der Waals surface area contributed by atoms with Gasteiger partial charge in [0.15, 0.2) is 0 Å². The van der Waals surface area contributed by atoms with E-state index < -0.39 is 16.2 Å². The second kappa shape index (κ2) is 7.25. The second-order valence-electron chi connectivity index (χ2n) is 6.59. The third kappa shape index (κ3) is 3.45. The largest absolute Gasteiger partial charge is 0.422 e.